The number of anilines is 1. The van der Waals surface area contributed by atoms with Crippen molar-refractivity contribution in [1.29, 1.82) is 0 Å². The molecule has 24 heavy (non-hydrogen) atoms. The van der Waals surface area contributed by atoms with Crippen LogP contribution in [0.1, 0.15) is 26.4 Å². The van der Waals surface area contributed by atoms with Crippen molar-refractivity contribution in [3.63, 3.8) is 0 Å². The minimum Gasteiger partial charge on any atom is -0.477 e. The van der Waals surface area contributed by atoms with Crippen LogP contribution in [0.4, 0.5) is 5.82 Å². The van der Waals surface area contributed by atoms with Crippen LogP contribution in [0.25, 0.3) is 0 Å². The lowest BCUT2D eigenvalue weighted by atomic mass is 10.1. The first-order valence-electron chi connectivity index (χ1n) is 7.86. The molecule has 0 bridgehead atoms. The summed E-state index contributed by atoms with van der Waals surface area (Å²) in [4.78, 5) is 31.5. The summed E-state index contributed by atoms with van der Waals surface area (Å²) < 4.78 is 0. The Kier molecular flexibility index (Phi) is 4.46. The number of aromatic carboxylic acids is 1. The number of hydrogen-bond donors (Lipinski definition) is 1. The Balaban J connectivity index is 1.65. The van der Waals surface area contributed by atoms with Crippen molar-refractivity contribution in [2.45, 2.75) is 6.92 Å². The summed E-state index contributed by atoms with van der Waals surface area (Å²) in [6.45, 7) is 4.43. The Bertz CT molecular complexity index is 750. The number of carboxylic acids is 1. The highest BCUT2D eigenvalue weighted by Gasteiger charge is 2.23. The van der Waals surface area contributed by atoms with Crippen LogP contribution >= 0.6 is 0 Å². The number of amides is 1. The Labute approximate surface area is 140 Å². The van der Waals surface area contributed by atoms with Gasteiger partial charge in [0.15, 0.2) is 5.69 Å². The van der Waals surface area contributed by atoms with Crippen molar-refractivity contribution in [1.82, 2.24) is 9.88 Å². The lowest BCUT2D eigenvalue weighted by molar-refractivity contribution is 0.0690. The third-order valence-electron chi connectivity index (χ3n) is 4.14. The van der Waals surface area contributed by atoms with Gasteiger partial charge in [-0.15, -0.1) is 0 Å². The highest BCUT2D eigenvalue weighted by atomic mass is 16.4. The van der Waals surface area contributed by atoms with Gasteiger partial charge < -0.3 is 14.9 Å². The summed E-state index contributed by atoms with van der Waals surface area (Å²) in [5.41, 5.74) is 1.85. The molecule has 1 aromatic heterocycles. The molecule has 0 saturated carbocycles. The summed E-state index contributed by atoms with van der Waals surface area (Å²) in [6.07, 6.45) is 0. The first-order chi connectivity index (χ1) is 11.5. The zero-order valence-corrected chi connectivity index (χ0v) is 13.5. The highest BCUT2D eigenvalue weighted by molar-refractivity contribution is 5.94. The molecule has 0 atom stereocenters. The number of carboxylic acid groups (broad SMARTS) is 1. The van der Waals surface area contributed by atoms with Gasteiger partial charge in [0.2, 0.25) is 0 Å². The van der Waals surface area contributed by atoms with Crippen LogP contribution in [0, 0.1) is 6.92 Å². The minimum absolute atomic E-state index is 0.0295. The normalized spacial score (nSPS) is 14.5. The molecule has 124 valence electrons. The predicted octanol–water partition coefficient (Wildman–Crippen LogP) is 2.05. The smallest absolute Gasteiger partial charge is 0.354 e. The summed E-state index contributed by atoms with van der Waals surface area (Å²) in [6, 6.07) is 12.5. The largest absolute Gasteiger partial charge is 0.477 e. The molecule has 1 saturated heterocycles. The zero-order chi connectivity index (χ0) is 17.1. The van der Waals surface area contributed by atoms with Gasteiger partial charge in [0.05, 0.1) is 0 Å². The predicted molar refractivity (Wildman–Crippen MR) is 90.5 cm³/mol. The Hall–Kier alpha value is -2.89. The van der Waals surface area contributed by atoms with Gasteiger partial charge in [0, 0.05) is 31.7 Å². The molecule has 2 aromatic rings. The number of hydrogen-bond acceptors (Lipinski definition) is 4. The number of pyridine rings is 1. The van der Waals surface area contributed by atoms with Crippen LogP contribution in [0.15, 0.2) is 42.5 Å². The fraction of sp³-hybridized carbons (Fsp3) is 0.278. The van der Waals surface area contributed by atoms with Crippen LogP contribution in [-0.4, -0.2) is 53.0 Å². The van der Waals surface area contributed by atoms with E-state index in [2.05, 4.69) is 4.98 Å². The monoisotopic (exact) mass is 325 g/mol. The number of aromatic nitrogens is 1. The first-order valence-corrected chi connectivity index (χ1v) is 7.86. The van der Waals surface area contributed by atoms with Gasteiger partial charge in [0.25, 0.3) is 5.91 Å². The molecular weight excluding hydrogens is 306 g/mol. The van der Waals surface area contributed by atoms with Gasteiger partial charge >= 0.3 is 5.97 Å². The molecular formula is C18H19N3O3. The van der Waals surface area contributed by atoms with E-state index < -0.39 is 5.97 Å². The number of carbonyl (C=O) groups is 2. The topological polar surface area (TPSA) is 73.7 Å². The SMILES string of the molecule is Cc1ccc(C(=O)N2CCN(c3cccc(C(=O)O)n3)CC2)cc1. The second-order valence-corrected chi connectivity index (χ2v) is 5.83. The molecule has 0 unspecified atom stereocenters. The Morgan fingerprint density at radius 3 is 2.29 bits per heavy atom. The lowest BCUT2D eigenvalue weighted by Crippen LogP contribution is -2.49. The molecule has 0 aliphatic carbocycles. The van der Waals surface area contributed by atoms with E-state index in [9.17, 15) is 9.59 Å². The third kappa shape index (κ3) is 3.37. The fourth-order valence-corrected chi connectivity index (χ4v) is 2.74. The average Bonchev–Trinajstić information content (AvgIpc) is 2.62. The van der Waals surface area contributed by atoms with Gasteiger partial charge in [0.1, 0.15) is 5.82 Å². The maximum Gasteiger partial charge on any atom is 0.354 e. The molecule has 1 aromatic carbocycles. The molecule has 0 spiro atoms. The van der Waals surface area contributed by atoms with Crippen LogP contribution in [-0.2, 0) is 0 Å². The number of nitrogens with zero attached hydrogens (tertiary/aromatic N) is 3. The maximum absolute atomic E-state index is 12.5. The molecule has 1 N–H and O–H groups in total. The van der Waals surface area contributed by atoms with Crippen LogP contribution < -0.4 is 4.90 Å². The number of aryl methyl sites for hydroxylation is 1. The van der Waals surface area contributed by atoms with Crippen molar-refractivity contribution >= 4 is 17.7 Å². The Morgan fingerprint density at radius 1 is 1.00 bits per heavy atom. The number of rotatable bonds is 3. The van der Waals surface area contributed by atoms with Gasteiger partial charge in [-0.3, -0.25) is 4.79 Å². The van der Waals surface area contributed by atoms with E-state index in [1.54, 1.807) is 12.1 Å². The van der Waals surface area contributed by atoms with Crippen molar-refractivity contribution in [2.24, 2.45) is 0 Å². The Morgan fingerprint density at radius 2 is 1.67 bits per heavy atom. The van der Waals surface area contributed by atoms with Gasteiger partial charge in [-0.25, -0.2) is 9.78 Å². The van der Waals surface area contributed by atoms with Crippen LogP contribution in [0.3, 0.4) is 0 Å². The fourth-order valence-electron chi connectivity index (χ4n) is 2.74. The molecule has 1 fully saturated rings. The van der Waals surface area contributed by atoms with Gasteiger partial charge in [-0.2, -0.15) is 0 Å². The molecule has 1 amide bonds. The number of benzene rings is 1. The molecule has 0 radical (unpaired) electrons. The van der Waals surface area contributed by atoms with Crippen LogP contribution in [0.5, 0.6) is 0 Å². The first kappa shape index (κ1) is 16.0. The number of piperazine rings is 1. The van der Waals surface area contributed by atoms with Crippen molar-refractivity contribution in [2.75, 3.05) is 31.1 Å². The lowest BCUT2D eigenvalue weighted by Gasteiger charge is -2.35. The molecule has 6 nitrogen and oxygen atoms in total. The standard InChI is InChI=1S/C18H19N3O3/c1-13-5-7-14(8-6-13)17(22)21-11-9-20(10-12-21)16-4-2-3-15(19-16)18(23)24/h2-8H,9-12H2,1H3,(H,23,24). The van der Waals surface area contributed by atoms with E-state index in [1.807, 2.05) is 41.0 Å². The molecule has 6 heteroatoms. The maximum atomic E-state index is 12.5. The van der Waals surface area contributed by atoms with E-state index in [0.717, 1.165) is 5.56 Å². The van der Waals surface area contributed by atoms with Crippen molar-refractivity contribution in [3.05, 3.63) is 59.3 Å². The summed E-state index contributed by atoms with van der Waals surface area (Å²) in [5, 5.41) is 9.03. The molecule has 1 aliphatic rings. The molecule has 1 aliphatic heterocycles. The van der Waals surface area contributed by atoms with E-state index in [1.165, 1.54) is 6.07 Å². The zero-order valence-electron chi connectivity index (χ0n) is 13.5. The molecule has 3 rings (SSSR count). The summed E-state index contributed by atoms with van der Waals surface area (Å²) in [5.74, 6) is -0.371. The summed E-state index contributed by atoms with van der Waals surface area (Å²) in [7, 11) is 0. The third-order valence-corrected chi connectivity index (χ3v) is 4.14. The van der Waals surface area contributed by atoms with Gasteiger partial charge in [-0.1, -0.05) is 23.8 Å². The minimum atomic E-state index is -1.04. The van der Waals surface area contributed by atoms with Gasteiger partial charge in [-0.05, 0) is 31.2 Å². The van der Waals surface area contributed by atoms with Crippen molar-refractivity contribution in [3.8, 4) is 0 Å². The summed E-state index contributed by atoms with van der Waals surface area (Å²) >= 11 is 0. The van der Waals surface area contributed by atoms with Crippen molar-refractivity contribution < 1.29 is 14.7 Å². The second-order valence-electron chi connectivity index (χ2n) is 5.83. The highest BCUT2D eigenvalue weighted by Crippen LogP contribution is 2.16. The van der Waals surface area contributed by atoms with Crippen LogP contribution in [0.2, 0.25) is 0 Å². The van der Waals surface area contributed by atoms with E-state index in [0.29, 0.717) is 37.6 Å². The van der Waals surface area contributed by atoms with E-state index in [4.69, 9.17) is 5.11 Å². The quantitative estimate of drug-likeness (QED) is 0.935. The van der Waals surface area contributed by atoms with E-state index >= 15 is 0 Å². The number of carbonyl (C=O) groups excluding carboxylic acids is 1. The second kappa shape index (κ2) is 6.70. The van der Waals surface area contributed by atoms with E-state index in [-0.39, 0.29) is 11.6 Å². The average molecular weight is 325 g/mol. The molecule has 2 heterocycles.